The molecule has 1 heterocycles. The second-order valence-electron chi connectivity index (χ2n) is 5.04. The third-order valence-corrected chi connectivity index (χ3v) is 3.36. The maximum atomic E-state index is 12.0. The summed E-state index contributed by atoms with van der Waals surface area (Å²) < 4.78 is 5.38. The van der Waals surface area contributed by atoms with Crippen LogP contribution in [0.1, 0.15) is 11.1 Å². The molecule has 0 spiro atoms. The minimum atomic E-state index is -0.494. The van der Waals surface area contributed by atoms with Crippen LogP contribution in [0.3, 0.4) is 0 Å². The molecule has 7 nitrogen and oxygen atoms in total. The summed E-state index contributed by atoms with van der Waals surface area (Å²) in [5.74, 6) is -0.00216. The minimum Gasteiger partial charge on any atom is -0.466 e. The Kier molecular flexibility index (Phi) is 3.76. The lowest BCUT2D eigenvalue weighted by molar-refractivity contribution is -0.384. The van der Waals surface area contributed by atoms with Gasteiger partial charge in [-0.3, -0.25) is 14.9 Å². The van der Waals surface area contributed by atoms with Crippen molar-refractivity contribution in [3.8, 4) is 0 Å². The lowest BCUT2D eigenvalue weighted by Gasteiger charge is -2.23. The van der Waals surface area contributed by atoms with E-state index in [1.54, 1.807) is 0 Å². The molecule has 0 aliphatic carbocycles. The fourth-order valence-corrected chi connectivity index (χ4v) is 2.12. The number of nitro benzene ring substituents is 1. The molecule has 23 heavy (non-hydrogen) atoms. The number of carbonyl (C=O) groups is 1. The van der Waals surface area contributed by atoms with Crippen molar-refractivity contribution in [2.24, 2.45) is 5.10 Å². The molecule has 0 fully saturated rings. The van der Waals surface area contributed by atoms with E-state index in [9.17, 15) is 14.9 Å². The third kappa shape index (κ3) is 3.03. The van der Waals surface area contributed by atoms with Crippen LogP contribution in [0, 0.1) is 17.0 Å². The number of non-ortho nitro benzene ring substituents is 1. The van der Waals surface area contributed by atoms with Gasteiger partial charge in [0.05, 0.1) is 10.6 Å². The molecule has 0 N–H and O–H groups in total. The van der Waals surface area contributed by atoms with E-state index in [-0.39, 0.29) is 18.2 Å². The SMILES string of the molecule is Cc1ccc(C2=NN(c3ccc([N+](=O)[O-])cc3)C(=O)CO2)cc1. The van der Waals surface area contributed by atoms with Gasteiger partial charge in [-0.1, -0.05) is 17.7 Å². The minimum absolute atomic E-state index is 0.0443. The Bertz CT molecular complexity index is 782. The molecule has 0 saturated carbocycles. The lowest BCUT2D eigenvalue weighted by Crippen LogP contribution is -2.36. The average molecular weight is 311 g/mol. The van der Waals surface area contributed by atoms with Crippen LogP contribution >= 0.6 is 0 Å². The highest BCUT2D eigenvalue weighted by atomic mass is 16.6. The van der Waals surface area contributed by atoms with Gasteiger partial charge in [-0.2, -0.15) is 5.01 Å². The van der Waals surface area contributed by atoms with Crippen LogP contribution in [0.5, 0.6) is 0 Å². The zero-order chi connectivity index (χ0) is 16.4. The zero-order valence-corrected chi connectivity index (χ0v) is 12.3. The number of aryl methyl sites for hydroxylation is 1. The van der Waals surface area contributed by atoms with Crippen molar-refractivity contribution < 1.29 is 14.5 Å². The standard InChI is InChI=1S/C16H13N3O4/c1-11-2-4-12(5-3-11)16-17-18(15(20)10-23-16)13-6-8-14(9-7-13)19(21)22/h2-9H,10H2,1H3. The Balaban J connectivity index is 1.93. The van der Waals surface area contributed by atoms with Gasteiger partial charge < -0.3 is 4.74 Å². The van der Waals surface area contributed by atoms with Crippen LogP contribution in [-0.4, -0.2) is 23.3 Å². The molecular formula is C16H13N3O4. The quantitative estimate of drug-likeness (QED) is 0.644. The largest absolute Gasteiger partial charge is 0.466 e. The molecule has 1 aliphatic rings. The van der Waals surface area contributed by atoms with E-state index in [0.717, 1.165) is 11.1 Å². The van der Waals surface area contributed by atoms with Crippen molar-refractivity contribution in [3.05, 3.63) is 69.8 Å². The highest BCUT2D eigenvalue weighted by Crippen LogP contribution is 2.22. The first-order valence-corrected chi connectivity index (χ1v) is 6.90. The number of nitro groups is 1. The molecule has 116 valence electrons. The maximum Gasteiger partial charge on any atom is 0.285 e. The number of rotatable bonds is 3. The summed E-state index contributed by atoms with van der Waals surface area (Å²) in [5, 5.41) is 16.1. The molecule has 1 amide bonds. The first-order chi connectivity index (χ1) is 11.0. The molecule has 2 aromatic rings. The number of hydrogen-bond acceptors (Lipinski definition) is 5. The van der Waals surface area contributed by atoms with E-state index in [1.807, 2.05) is 31.2 Å². The number of hydrazone groups is 1. The molecule has 0 radical (unpaired) electrons. The number of nitrogens with zero attached hydrogens (tertiary/aromatic N) is 3. The smallest absolute Gasteiger partial charge is 0.285 e. The Hall–Kier alpha value is -3.22. The van der Waals surface area contributed by atoms with Gasteiger partial charge in [-0.25, -0.2) is 0 Å². The molecule has 0 saturated heterocycles. The van der Waals surface area contributed by atoms with Crippen LogP contribution in [0.2, 0.25) is 0 Å². The number of amides is 1. The Morgan fingerprint density at radius 2 is 1.78 bits per heavy atom. The number of benzene rings is 2. The van der Waals surface area contributed by atoms with Crippen molar-refractivity contribution in [1.82, 2.24) is 0 Å². The van der Waals surface area contributed by atoms with Gasteiger partial charge in [0.25, 0.3) is 11.6 Å². The summed E-state index contributed by atoms with van der Waals surface area (Å²) in [4.78, 5) is 22.2. The third-order valence-electron chi connectivity index (χ3n) is 3.36. The second kappa shape index (κ2) is 5.88. The van der Waals surface area contributed by atoms with Crippen molar-refractivity contribution >= 4 is 23.2 Å². The van der Waals surface area contributed by atoms with E-state index in [1.165, 1.54) is 29.3 Å². The summed E-state index contributed by atoms with van der Waals surface area (Å²) in [5.41, 5.74) is 2.27. The molecule has 0 bridgehead atoms. The van der Waals surface area contributed by atoms with E-state index in [0.29, 0.717) is 11.6 Å². The topological polar surface area (TPSA) is 85.0 Å². The van der Waals surface area contributed by atoms with Crippen LogP contribution in [0.4, 0.5) is 11.4 Å². The van der Waals surface area contributed by atoms with Gasteiger partial charge in [-0.15, -0.1) is 5.10 Å². The van der Waals surface area contributed by atoms with Gasteiger partial charge in [0, 0.05) is 17.7 Å². The van der Waals surface area contributed by atoms with Gasteiger partial charge in [0.15, 0.2) is 6.61 Å². The summed E-state index contributed by atoms with van der Waals surface area (Å²) in [6.07, 6.45) is 0. The predicted molar refractivity (Wildman–Crippen MR) is 84.3 cm³/mol. The highest BCUT2D eigenvalue weighted by molar-refractivity contribution is 6.04. The summed E-state index contributed by atoms with van der Waals surface area (Å²) in [6, 6.07) is 13.2. The number of ether oxygens (including phenoxy) is 1. The lowest BCUT2D eigenvalue weighted by atomic mass is 10.1. The molecule has 3 rings (SSSR count). The molecule has 7 heteroatoms. The normalized spacial score (nSPS) is 14.2. The van der Waals surface area contributed by atoms with Crippen LogP contribution < -0.4 is 5.01 Å². The maximum absolute atomic E-state index is 12.0. The molecule has 0 atom stereocenters. The average Bonchev–Trinajstić information content (AvgIpc) is 2.56. The van der Waals surface area contributed by atoms with Crippen LogP contribution in [0.15, 0.2) is 53.6 Å². The molecule has 0 unspecified atom stereocenters. The number of anilines is 1. The van der Waals surface area contributed by atoms with Gasteiger partial charge >= 0.3 is 0 Å². The summed E-state index contributed by atoms with van der Waals surface area (Å²) >= 11 is 0. The van der Waals surface area contributed by atoms with Gasteiger partial charge in [0.2, 0.25) is 5.90 Å². The molecule has 2 aromatic carbocycles. The first-order valence-electron chi connectivity index (χ1n) is 6.90. The van der Waals surface area contributed by atoms with Crippen molar-refractivity contribution in [1.29, 1.82) is 0 Å². The number of hydrogen-bond donors (Lipinski definition) is 0. The first kappa shape index (κ1) is 14.7. The van der Waals surface area contributed by atoms with Gasteiger partial charge in [-0.05, 0) is 31.2 Å². The molecule has 0 aromatic heterocycles. The monoisotopic (exact) mass is 311 g/mol. The fraction of sp³-hybridized carbons (Fsp3) is 0.125. The van der Waals surface area contributed by atoms with Crippen LogP contribution in [0.25, 0.3) is 0 Å². The van der Waals surface area contributed by atoms with Crippen molar-refractivity contribution in [2.45, 2.75) is 6.92 Å². The molecular weight excluding hydrogens is 298 g/mol. The van der Waals surface area contributed by atoms with E-state index < -0.39 is 4.92 Å². The van der Waals surface area contributed by atoms with Crippen molar-refractivity contribution in [3.63, 3.8) is 0 Å². The Morgan fingerprint density at radius 3 is 2.39 bits per heavy atom. The van der Waals surface area contributed by atoms with E-state index in [2.05, 4.69) is 5.10 Å². The summed E-state index contributed by atoms with van der Waals surface area (Å²) in [7, 11) is 0. The Labute approximate surface area is 131 Å². The molecule has 1 aliphatic heterocycles. The highest BCUT2D eigenvalue weighted by Gasteiger charge is 2.24. The summed E-state index contributed by atoms with van der Waals surface area (Å²) in [6.45, 7) is 1.84. The Morgan fingerprint density at radius 1 is 1.13 bits per heavy atom. The van der Waals surface area contributed by atoms with Crippen LogP contribution in [-0.2, 0) is 9.53 Å². The fourth-order valence-electron chi connectivity index (χ4n) is 2.12. The van der Waals surface area contributed by atoms with Gasteiger partial charge in [0.1, 0.15) is 0 Å². The van der Waals surface area contributed by atoms with E-state index >= 15 is 0 Å². The zero-order valence-electron chi connectivity index (χ0n) is 12.3. The predicted octanol–water partition coefficient (Wildman–Crippen LogP) is 2.63. The van der Waals surface area contributed by atoms with Crippen molar-refractivity contribution in [2.75, 3.05) is 11.6 Å². The number of carbonyl (C=O) groups excluding carboxylic acids is 1. The second-order valence-corrected chi connectivity index (χ2v) is 5.04. The van der Waals surface area contributed by atoms with E-state index in [4.69, 9.17) is 4.74 Å².